The molecule has 0 aliphatic rings. The van der Waals surface area contributed by atoms with Crippen LogP contribution in [0.1, 0.15) is 36.6 Å². The van der Waals surface area contributed by atoms with Crippen molar-refractivity contribution in [3.8, 4) is 0 Å². The van der Waals surface area contributed by atoms with Gasteiger partial charge >= 0.3 is 0 Å². The van der Waals surface area contributed by atoms with E-state index in [9.17, 15) is 14.4 Å². The van der Waals surface area contributed by atoms with Crippen molar-refractivity contribution < 1.29 is 14.4 Å². The fraction of sp³-hybridized carbons (Fsp3) is 0. The molecule has 2 aromatic rings. The molecule has 3 heteroatoms. The first-order valence-corrected chi connectivity index (χ1v) is 6.65. The third-order valence-electron chi connectivity index (χ3n) is 3.23. The number of hydrogen-bond acceptors (Lipinski definition) is 3. The first kappa shape index (κ1) is 15.3. The Morgan fingerprint density at radius 3 is 1.14 bits per heavy atom. The lowest BCUT2D eigenvalue weighted by molar-refractivity contribution is 0.102. The summed E-state index contributed by atoms with van der Waals surface area (Å²) in [5.41, 5.74) is 1.92. The maximum Gasteiger partial charge on any atom is 0.193 e. The van der Waals surface area contributed by atoms with E-state index in [1.165, 1.54) is 12.2 Å². The van der Waals surface area contributed by atoms with Crippen LogP contribution in [-0.4, -0.2) is 17.3 Å². The minimum absolute atomic E-state index is 0.171. The third-order valence-corrected chi connectivity index (χ3v) is 3.23. The standard InChI is InChI=1S/C19H14O3/c1-3-17(20)13-5-9-15(10-6-13)19(22)16-11-7-14(8-12-16)18(21)4-2/h3-12H,1-2H2. The van der Waals surface area contributed by atoms with Gasteiger partial charge in [0.15, 0.2) is 17.3 Å². The van der Waals surface area contributed by atoms with E-state index in [0.717, 1.165) is 0 Å². The molecule has 0 saturated carbocycles. The Morgan fingerprint density at radius 2 is 0.864 bits per heavy atom. The van der Waals surface area contributed by atoms with E-state index in [0.29, 0.717) is 22.3 Å². The van der Waals surface area contributed by atoms with Gasteiger partial charge in [-0.05, 0) is 12.2 Å². The highest BCUT2D eigenvalue weighted by molar-refractivity contribution is 6.11. The van der Waals surface area contributed by atoms with Gasteiger partial charge in [0.05, 0.1) is 0 Å². The molecule has 108 valence electrons. The summed E-state index contributed by atoms with van der Waals surface area (Å²) in [6.45, 7) is 6.84. The van der Waals surface area contributed by atoms with Gasteiger partial charge in [0, 0.05) is 22.3 Å². The second-order valence-corrected chi connectivity index (χ2v) is 4.62. The van der Waals surface area contributed by atoms with Gasteiger partial charge in [-0.15, -0.1) is 0 Å². The zero-order chi connectivity index (χ0) is 16.1. The number of rotatable bonds is 6. The lowest BCUT2D eigenvalue weighted by atomic mass is 9.99. The van der Waals surface area contributed by atoms with Gasteiger partial charge in [0.25, 0.3) is 0 Å². The van der Waals surface area contributed by atoms with E-state index in [-0.39, 0.29) is 17.3 Å². The van der Waals surface area contributed by atoms with Gasteiger partial charge in [-0.2, -0.15) is 0 Å². The highest BCUT2D eigenvalue weighted by atomic mass is 16.1. The van der Waals surface area contributed by atoms with Crippen LogP contribution in [0.2, 0.25) is 0 Å². The monoisotopic (exact) mass is 290 g/mol. The number of carbonyl (C=O) groups excluding carboxylic acids is 3. The molecular weight excluding hydrogens is 276 g/mol. The number of hydrogen-bond donors (Lipinski definition) is 0. The van der Waals surface area contributed by atoms with Crippen molar-refractivity contribution in [2.75, 3.05) is 0 Å². The van der Waals surface area contributed by atoms with Crippen LogP contribution in [-0.2, 0) is 0 Å². The Bertz CT molecular complexity index is 685. The summed E-state index contributed by atoms with van der Waals surface area (Å²) in [6, 6.07) is 12.8. The van der Waals surface area contributed by atoms with Crippen molar-refractivity contribution in [1.82, 2.24) is 0 Å². The van der Waals surface area contributed by atoms with Crippen molar-refractivity contribution in [3.05, 3.63) is 96.1 Å². The summed E-state index contributed by atoms with van der Waals surface area (Å²) in [4.78, 5) is 35.2. The molecule has 0 aromatic heterocycles. The zero-order valence-corrected chi connectivity index (χ0v) is 11.9. The Balaban J connectivity index is 2.24. The van der Waals surface area contributed by atoms with Crippen LogP contribution in [0.15, 0.2) is 73.8 Å². The summed E-state index contributed by atoms with van der Waals surface area (Å²) in [6.07, 6.45) is 2.46. The predicted molar refractivity (Wildman–Crippen MR) is 85.4 cm³/mol. The van der Waals surface area contributed by atoms with Crippen molar-refractivity contribution >= 4 is 17.3 Å². The molecule has 0 amide bonds. The molecular formula is C19H14O3. The van der Waals surface area contributed by atoms with Gasteiger partial charge in [-0.25, -0.2) is 0 Å². The van der Waals surface area contributed by atoms with Crippen molar-refractivity contribution in [1.29, 1.82) is 0 Å². The summed E-state index contributed by atoms with van der Waals surface area (Å²) in [5.74, 6) is -0.548. The number of allylic oxidation sites excluding steroid dienone is 2. The summed E-state index contributed by atoms with van der Waals surface area (Å²) < 4.78 is 0. The van der Waals surface area contributed by atoms with Gasteiger partial charge in [0.1, 0.15) is 0 Å². The fourth-order valence-electron chi connectivity index (χ4n) is 1.97. The van der Waals surface area contributed by atoms with Crippen molar-refractivity contribution in [2.24, 2.45) is 0 Å². The van der Waals surface area contributed by atoms with Crippen LogP contribution in [0.3, 0.4) is 0 Å². The number of ketones is 3. The highest BCUT2D eigenvalue weighted by Gasteiger charge is 2.11. The van der Waals surface area contributed by atoms with Crippen LogP contribution in [0.4, 0.5) is 0 Å². The molecule has 0 bridgehead atoms. The van der Waals surface area contributed by atoms with Crippen LogP contribution >= 0.6 is 0 Å². The third kappa shape index (κ3) is 3.15. The molecule has 0 spiro atoms. The van der Waals surface area contributed by atoms with Crippen LogP contribution < -0.4 is 0 Å². The van der Waals surface area contributed by atoms with E-state index in [1.807, 2.05) is 0 Å². The molecule has 0 heterocycles. The molecule has 0 N–H and O–H groups in total. The fourth-order valence-corrected chi connectivity index (χ4v) is 1.97. The smallest absolute Gasteiger partial charge is 0.193 e. The molecule has 0 fully saturated rings. The molecule has 3 nitrogen and oxygen atoms in total. The topological polar surface area (TPSA) is 51.2 Å². The van der Waals surface area contributed by atoms with Gasteiger partial charge in [-0.1, -0.05) is 61.7 Å². The highest BCUT2D eigenvalue weighted by Crippen LogP contribution is 2.13. The zero-order valence-electron chi connectivity index (χ0n) is 11.9. The maximum atomic E-state index is 12.3. The van der Waals surface area contributed by atoms with E-state index < -0.39 is 0 Å². The van der Waals surface area contributed by atoms with E-state index >= 15 is 0 Å². The van der Waals surface area contributed by atoms with E-state index in [1.54, 1.807) is 48.5 Å². The van der Waals surface area contributed by atoms with E-state index in [2.05, 4.69) is 13.2 Å². The first-order chi connectivity index (χ1) is 10.6. The maximum absolute atomic E-state index is 12.3. The molecule has 0 aliphatic carbocycles. The molecule has 22 heavy (non-hydrogen) atoms. The molecule has 0 atom stereocenters. The first-order valence-electron chi connectivity index (χ1n) is 6.65. The van der Waals surface area contributed by atoms with Gasteiger partial charge in [-0.3, -0.25) is 14.4 Å². The lowest BCUT2D eigenvalue weighted by Gasteiger charge is -2.03. The summed E-state index contributed by atoms with van der Waals surface area (Å²) >= 11 is 0. The van der Waals surface area contributed by atoms with Gasteiger partial charge < -0.3 is 0 Å². The van der Waals surface area contributed by atoms with Crippen molar-refractivity contribution in [3.63, 3.8) is 0 Å². The largest absolute Gasteiger partial charge is 0.289 e. The molecule has 0 unspecified atom stereocenters. The number of carbonyl (C=O) groups is 3. The predicted octanol–water partition coefficient (Wildman–Crippen LogP) is 3.66. The van der Waals surface area contributed by atoms with Gasteiger partial charge in [0.2, 0.25) is 0 Å². The number of benzene rings is 2. The van der Waals surface area contributed by atoms with Crippen LogP contribution in [0.25, 0.3) is 0 Å². The lowest BCUT2D eigenvalue weighted by Crippen LogP contribution is -2.03. The molecule has 2 rings (SSSR count). The Kier molecular flexibility index (Phi) is 4.59. The average molecular weight is 290 g/mol. The minimum Gasteiger partial charge on any atom is -0.289 e. The van der Waals surface area contributed by atoms with E-state index in [4.69, 9.17) is 0 Å². The molecule has 0 aliphatic heterocycles. The molecule has 0 radical (unpaired) electrons. The molecule has 2 aromatic carbocycles. The second kappa shape index (κ2) is 6.59. The minimum atomic E-state index is -0.189. The van der Waals surface area contributed by atoms with Crippen LogP contribution in [0.5, 0.6) is 0 Å². The molecule has 0 saturated heterocycles. The summed E-state index contributed by atoms with van der Waals surface area (Å²) in [7, 11) is 0. The normalized spacial score (nSPS) is 9.82. The Hall–Kier alpha value is -3.07. The van der Waals surface area contributed by atoms with Crippen LogP contribution in [0, 0.1) is 0 Å². The van der Waals surface area contributed by atoms with Crippen molar-refractivity contribution in [2.45, 2.75) is 0 Å². The Morgan fingerprint density at radius 1 is 0.591 bits per heavy atom. The summed E-state index contributed by atoms with van der Waals surface area (Å²) in [5, 5.41) is 0. The quantitative estimate of drug-likeness (QED) is 0.602. The second-order valence-electron chi connectivity index (χ2n) is 4.62. The Labute approximate surface area is 128 Å². The SMILES string of the molecule is C=CC(=O)c1ccc(C(=O)c2ccc(C(=O)C=C)cc2)cc1. The average Bonchev–Trinajstić information content (AvgIpc) is 2.60.